The molecule has 1 aliphatic heterocycles. The van der Waals surface area contributed by atoms with Crippen molar-refractivity contribution in [2.45, 2.75) is 13.0 Å². The minimum atomic E-state index is -0.284. The van der Waals surface area contributed by atoms with Gasteiger partial charge in [-0.1, -0.05) is 0 Å². The third-order valence-electron chi connectivity index (χ3n) is 6.09. The Hall–Kier alpha value is -4.49. The van der Waals surface area contributed by atoms with Gasteiger partial charge in [0.15, 0.2) is 0 Å². The average molecular weight is 469 g/mol. The van der Waals surface area contributed by atoms with E-state index in [1.165, 1.54) is 6.07 Å². The Balaban J connectivity index is 1.43. The quantitative estimate of drug-likeness (QED) is 0.388. The standard InChI is InChI=1S/C25H24N8O2/c1-16-15-33(10-9-32(16)2)22-11-19(14-28-25(22)35)29-23-12-20-17(13-27-23)7-8-26-21(20)5-3-18-4-6-24(34)31-30-18/h4,6-8,11-14,16H,9-10,15H2,1-2H3,(H,27,29)(H,28,35)(H,31,34)/t16-/m0/s1. The average Bonchev–Trinajstić information content (AvgIpc) is 2.86. The largest absolute Gasteiger partial charge is 0.364 e. The van der Waals surface area contributed by atoms with Crippen molar-refractivity contribution in [3.05, 3.63) is 81.0 Å². The first-order valence-corrected chi connectivity index (χ1v) is 11.2. The molecule has 4 aromatic rings. The first-order chi connectivity index (χ1) is 17.0. The summed E-state index contributed by atoms with van der Waals surface area (Å²) in [5.74, 6) is 6.54. The number of hydrogen-bond acceptors (Lipinski definition) is 8. The van der Waals surface area contributed by atoms with E-state index in [1.807, 2.05) is 18.2 Å². The van der Waals surface area contributed by atoms with Crippen LogP contribution in [0, 0.1) is 11.8 Å². The zero-order chi connectivity index (χ0) is 24.4. The number of fused-ring (bicyclic) bond motifs is 1. The minimum Gasteiger partial charge on any atom is -0.364 e. The van der Waals surface area contributed by atoms with E-state index < -0.39 is 0 Å². The molecular weight excluding hydrogens is 444 g/mol. The molecule has 1 fully saturated rings. The molecule has 1 saturated heterocycles. The summed E-state index contributed by atoms with van der Waals surface area (Å²) in [6, 6.07) is 8.88. The molecule has 4 aromatic heterocycles. The van der Waals surface area contributed by atoms with Crippen LogP contribution in [-0.2, 0) is 0 Å². The number of anilines is 3. The topological polar surface area (TPSA) is 123 Å². The van der Waals surface area contributed by atoms with Gasteiger partial charge >= 0.3 is 0 Å². The van der Waals surface area contributed by atoms with Crippen molar-refractivity contribution in [3.63, 3.8) is 0 Å². The van der Waals surface area contributed by atoms with Crippen LogP contribution >= 0.6 is 0 Å². The van der Waals surface area contributed by atoms with E-state index in [4.69, 9.17) is 0 Å². The number of nitrogens with zero attached hydrogens (tertiary/aromatic N) is 5. The lowest BCUT2D eigenvalue weighted by Crippen LogP contribution is -2.51. The van der Waals surface area contributed by atoms with Gasteiger partial charge in [0.1, 0.15) is 22.9 Å². The van der Waals surface area contributed by atoms with Gasteiger partial charge in [0.25, 0.3) is 11.1 Å². The van der Waals surface area contributed by atoms with Crippen molar-refractivity contribution >= 4 is 28.0 Å². The van der Waals surface area contributed by atoms with E-state index >= 15 is 0 Å². The lowest BCUT2D eigenvalue weighted by atomic mass is 10.1. The number of pyridine rings is 3. The van der Waals surface area contributed by atoms with Gasteiger partial charge in [0.05, 0.1) is 5.69 Å². The molecule has 0 saturated carbocycles. The molecule has 0 aliphatic carbocycles. The summed E-state index contributed by atoms with van der Waals surface area (Å²) in [7, 11) is 2.10. The lowest BCUT2D eigenvalue weighted by Gasteiger charge is -2.38. The van der Waals surface area contributed by atoms with Gasteiger partial charge in [-0.2, -0.15) is 5.10 Å². The molecule has 0 amide bonds. The van der Waals surface area contributed by atoms with Gasteiger partial charge in [0.2, 0.25) is 0 Å². The highest BCUT2D eigenvalue weighted by molar-refractivity contribution is 5.88. The van der Waals surface area contributed by atoms with E-state index in [1.54, 1.807) is 24.7 Å². The number of aromatic amines is 2. The molecule has 5 rings (SSSR count). The summed E-state index contributed by atoms with van der Waals surface area (Å²) in [5.41, 5.74) is 1.97. The second-order valence-electron chi connectivity index (χ2n) is 8.51. The number of rotatable bonds is 3. The third kappa shape index (κ3) is 4.90. The Bertz CT molecular complexity index is 1550. The van der Waals surface area contributed by atoms with E-state index in [2.05, 4.69) is 66.1 Å². The van der Waals surface area contributed by atoms with E-state index in [9.17, 15) is 9.59 Å². The summed E-state index contributed by atoms with van der Waals surface area (Å²) in [6.45, 7) is 4.63. The number of likely N-dealkylation sites (N-methyl/N-ethyl adjacent to an activating group) is 1. The Morgan fingerprint density at radius 3 is 2.80 bits per heavy atom. The van der Waals surface area contributed by atoms with Gasteiger partial charge in [-0.25, -0.2) is 15.1 Å². The Kier molecular flexibility index (Phi) is 5.99. The number of H-pyrrole nitrogens is 2. The predicted octanol–water partition coefficient (Wildman–Crippen LogP) is 1.69. The second kappa shape index (κ2) is 9.40. The molecule has 0 spiro atoms. The summed E-state index contributed by atoms with van der Waals surface area (Å²) < 4.78 is 0. The van der Waals surface area contributed by atoms with Crippen LogP contribution in [0.25, 0.3) is 10.8 Å². The monoisotopic (exact) mass is 468 g/mol. The number of aromatic nitrogens is 5. The minimum absolute atomic E-state index is 0.114. The Morgan fingerprint density at radius 1 is 1.11 bits per heavy atom. The number of piperazine rings is 1. The van der Waals surface area contributed by atoms with Crippen molar-refractivity contribution in [2.24, 2.45) is 0 Å². The molecule has 1 atom stereocenters. The van der Waals surface area contributed by atoms with E-state index in [0.717, 1.165) is 36.1 Å². The lowest BCUT2D eigenvalue weighted by molar-refractivity contribution is 0.234. The van der Waals surface area contributed by atoms with Gasteiger partial charge < -0.3 is 20.1 Å². The van der Waals surface area contributed by atoms with Crippen LogP contribution in [0.4, 0.5) is 17.2 Å². The third-order valence-corrected chi connectivity index (χ3v) is 6.09. The fraction of sp³-hybridized carbons (Fsp3) is 0.240. The van der Waals surface area contributed by atoms with Crippen LogP contribution in [-0.4, -0.2) is 62.8 Å². The molecule has 3 N–H and O–H groups in total. The van der Waals surface area contributed by atoms with Gasteiger partial charge in [-0.15, -0.1) is 0 Å². The Labute approximate surface area is 201 Å². The number of nitrogens with one attached hydrogen (secondary N) is 3. The molecule has 35 heavy (non-hydrogen) atoms. The fourth-order valence-electron chi connectivity index (χ4n) is 3.96. The highest BCUT2D eigenvalue weighted by atomic mass is 16.1. The smallest absolute Gasteiger partial charge is 0.271 e. The van der Waals surface area contributed by atoms with Crippen LogP contribution in [0.5, 0.6) is 0 Å². The molecule has 5 heterocycles. The van der Waals surface area contributed by atoms with E-state index in [-0.39, 0.29) is 11.1 Å². The zero-order valence-electron chi connectivity index (χ0n) is 19.4. The van der Waals surface area contributed by atoms with Gasteiger partial charge in [-0.3, -0.25) is 9.59 Å². The first-order valence-electron chi connectivity index (χ1n) is 11.2. The maximum absolute atomic E-state index is 12.5. The molecule has 10 nitrogen and oxygen atoms in total. The van der Waals surface area contributed by atoms with Crippen molar-refractivity contribution < 1.29 is 0 Å². The Morgan fingerprint density at radius 2 is 2.00 bits per heavy atom. The maximum atomic E-state index is 12.5. The highest BCUT2D eigenvalue weighted by Gasteiger charge is 2.22. The van der Waals surface area contributed by atoms with Crippen molar-refractivity contribution in [3.8, 4) is 11.8 Å². The molecule has 10 heteroatoms. The molecule has 0 bridgehead atoms. The highest BCUT2D eigenvalue weighted by Crippen LogP contribution is 2.23. The molecule has 0 unspecified atom stereocenters. The molecule has 0 aromatic carbocycles. The van der Waals surface area contributed by atoms with Crippen LogP contribution in [0.1, 0.15) is 18.3 Å². The van der Waals surface area contributed by atoms with Gasteiger partial charge in [0, 0.05) is 61.1 Å². The van der Waals surface area contributed by atoms with Crippen molar-refractivity contribution in [1.82, 2.24) is 30.0 Å². The summed E-state index contributed by atoms with van der Waals surface area (Å²) in [4.78, 5) is 39.9. The summed E-state index contributed by atoms with van der Waals surface area (Å²) >= 11 is 0. The molecule has 1 aliphatic rings. The summed E-state index contributed by atoms with van der Waals surface area (Å²) in [5, 5.41) is 11.3. The van der Waals surface area contributed by atoms with Crippen LogP contribution in [0.15, 0.2) is 58.5 Å². The maximum Gasteiger partial charge on any atom is 0.271 e. The second-order valence-corrected chi connectivity index (χ2v) is 8.51. The van der Waals surface area contributed by atoms with Crippen molar-refractivity contribution in [1.29, 1.82) is 0 Å². The predicted molar refractivity (Wildman–Crippen MR) is 135 cm³/mol. The first kappa shape index (κ1) is 22.3. The molecule has 0 radical (unpaired) electrons. The van der Waals surface area contributed by atoms with Gasteiger partial charge in [-0.05, 0) is 50.1 Å². The van der Waals surface area contributed by atoms with E-state index in [0.29, 0.717) is 28.9 Å². The number of hydrogen-bond donors (Lipinski definition) is 3. The van der Waals surface area contributed by atoms with Crippen LogP contribution < -0.4 is 21.3 Å². The SMILES string of the molecule is C[C@H]1CN(c2cc(Nc3cc4c(C#Cc5ccc(=O)[nH]n5)nccc4cn3)c[nH]c2=O)CCN1C. The normalized spacial score (nSPS) is 16.1. The van der Waals surface area contributed by atoms with Crippen molar-refractivity contribution in [2.75, 3.05) is 36.9 Å². The zero-order valence-corrected chi connectivity index (χ0v) is 19.4. The summed E-state index contributed by atoms with van der Waals surface area (Å²) in [6.07, 6.45) is 5.06. The fourth-order valence-corrected chi connectivity index (χ4v) is 3.96. The van der Waals surface area contributed by atoms with Crippen LogP contribution in [0.3, 0.4) is 0 Å². The van der Waals surface area contributed by atoms with Crippen LogP contribution in [0.2, 0.25) is 0 Å². The molecule has 176 valence electrons. The molecular formula is C25H24N8O2.